The molecular weight excluding hydrogens is 444 g/mol. The number of phenols is 1. The Hall–Kier alpha value is -3.44. The minimum Gasteiger partial charge on any atom is -0.508 e. The molecule has 1 saturated heterocycles. The minimum atomic E-state index is -0.464. The smallest absolute Gasteiger partial charge is 0.267 e. The van der Waals surface area contributed by atoms with Crippen LogP contribution >= 0.6 is 11.3 Å². The number of carbonyl (C=O) groups excluding carboxylic acids is 2. The molecule has 11 heteroatoms. The van der Waals surface area contributed by atoms with Gasteiger partial charge in [0.15, 0.2) is 10.9 Å². The highest BCUT2D eigenvalue weighted by molar-refractivity contribution is 7.17. The lowest BCUT2D eigenvalue weighted by molar-refractivity contribution is -0.135. The lowest BCUT2D eigenvalue weighted by Crippen LogP contribution is -2.43. The minimum absolute atomic E-state index is 0.0859. The fourth-order valence-corrected chi connectivity index (χ4v) is 4.40. The van der Waals surface area contributed by atoms with Gasteiger partial charge in [0.25, 0.3) is 5.91 Å². The Bertz CT molecular complexity index is 1170. The van der Waals surface area contributed by atoms with E-state index in [9.17, 15) is 19.8 Å². The first-order valence-corrected chi connectivity index (χ1v) is 11.4. The van der Waals surface area contributed by atoms with Crippen molar-refractivity contribution in [2.24, 2.45) is 0 Å². The van der Waals surface area contributed by atoms with Gasteiger partial charge in [0.2, 0.25) is 5.91 Å². The SMILES string of the molecule is Cc1ccc(O)c(C)c1NC(=O)c1cnc(Nc2ccn(CC(=O)N3CCC[C@H](O)C3)n2)s1. The number of aryl methyl sites for hydroxylation is 1. The van der Waals surface area contributed by atoms with Gasteiger partial charge in [-0.3, -0.25) is 14.3 Å². The number of rotatable bonds is 6. The van der Waals surface area contributed by atoms with Crippen LogP contribution in [0.1, 0.15) is 33.6 Å². The highest BCUT2D eigenvalue weighted by Crippen LogP contribution is 2.29. The van der Waals surface area contributed by atoms with Crippen LogP contribution in [0.3, 0.4) is 0 Å². The molecule has 1 fully saturated rings. The summed E-state index contributed by atoms with van der Waals surface area (Å²) in [6.07, 6.45) is 4.21. The molecule has 1 aliphatic rings. The Morgan fingerprint density at radius 2 is 2.09 bits per heavy atom. The maximum absolute atomic E-state index is 12.7. The van der Waals surface area contributed by atoms with Gasteiger partial charge in [0.05, 0.1) is 18.0 Å². The molecule has 0 saturated carbocycles. The van der Waals surface area contributed by atoms with E-state index in [-0.39, 0.29) is 24.1 Å². The fraction of sp³-hybridized carbons (Fsp3) is 0.364. The van der Waals surface area contributed by atoms with Gasteiger partial charge in [-0.25, -0.2) is 4.98 Å². The number of aromatic hydroxyl groups is 1. The van der Waals surface area contributed by atoms with Gasteiger partial charge in [-0.15, -0.1) is 0 Å². The third kappa shape index (κ3) is 5.32. The Labute approximate surface area is 194 Å². The van der Waals surface area contributed by atoms with Crippen LogP contribution in [0.5, 0.6) is 5.75 Å². The molecule has 174 valence electrons. The van der Waals surface area contributed by atoms with Crippen LogP contribution in [0.15, 0.2) is 30.6 Å². The first-order valence-electron chi connectivity index (χ1n) is 10.6. The number of amides is 2. The van der Waals surface area contributed by atoms with Gasteiger partial charge >= 0.3 is 0 Å². The maximum Gasteiger partial charge on any atom is 0.267 e. The summed E-state index contributed by atoms with van der Waals surface area (Å²) in [4.78, 5) is 31.4. The third-order valence-electron chi connectivity index (χ3n) is 5.53. The Kier molecular flexibility index (Phi) is 6.61. The number of aliphatic hydroxyl groups is 1. The van der Waals surface area contributed by atoms with E-state index in [1.807, 2.05) is 6.92 Å². The number of nitrogens with one attached hydrogen (secondary N) is 2. The molecule has 10 nitrogen and oxygen atoms in total. The van der Waals surface area contributed by atoms with Crippen LogP contribution in [-0.2, 0) is 11.3 Å². The molecule has 33 heavy (non-hydrogen) atoms. The first-order chi connectivity index (χ1) is 15.8. The second-order valence-electron chi connectivity index (χ2n) is 8.04. The topological polar surface area (TPSA) is 133 Å². The molecule has 2 amide bonds. The maximum atomic E-state index is 12.7. The second kappa shape index (κ2) is 9.59. The molecule has 4 rings (SSSR count). The van der Waals surface area contributed by atoms with Crippen molar-refractivity contribution in [1.82, 2.24) is 19.7 Å². The third-order valence-corrected chi connectivity index (χ3v) is 6.45. The summed E-state index contributed by atoms with van der Waals surface area (Å²) < 4.78 is 1.53. The van der Waals surface area contributed by atoms with Gasteiger partial charge in [0.1, 0.15) is 17.2 Å². The molecule has 3 aromatic rings. The molecule has 1 atom stereocenters. The van der Waals surface area contributed by atoms with E-state index in [1.165, 1.54) is 22.2 Å². The van der Waals surface area contributed by atoms with Crippen LogP contribution in [0.25, 0.3) is 0 Å². The van der Waals surface area contributed by atoms with E-state index in [0.717, 1.165) is 18.4 Å². The first kappa shape index (κ1) is 22.7. The summed E-state index contributed by atoms with van der Waals surface area (Å²) >= 11 is 1.17. The van der Waals surface area contributed by atoms with Crippen molar-refractivity contribution < 1.29 is 19.8 Å². The number of hydrogen-bond donors (Lipinski definition) is 4. The summed E-state index contributed by atoms with van der Waals surface area (Å²) in [5.74, 6) is 0.210. The number of nitrogens with zero attached hydrogens (tertiary/aromatic N) is 4. The van der Waals surface area contributed by atoms with Crippen LogP contribution in [-0.4, -0.2) is 60.9 Å². The number of aromatic nitrogens is 3. The number of carbonyl (C=O) groups is 2. The molecule has 3 heterocycles. The molecule has 1 aromatic carbocycles. The monoisotopic (exact) mass is 470 g/mol. The van der Waals surface area contributed by atoms with Gasteiger partial charge < -0.3 is 25.7 Å². The normalized spacial score (nSPS) is 16.0. The average molecular weight is 471 g/mol. The number of aliphatic hydroxyl groups excluding tert-OH is 1. The molecule has 1 aliphatic heterocycles. The molecule has 0 unspecified atom stereocenters. The van der Waals surface area contributed by atoms with Crippen molar-refractivity contribution in [1.29, 1.82) is 0 Å². The number of β-amino-alcohol motifs (C(OH)–C–C–N with tert-alkyl or cyclic N) is 1. The van der Waals surface area contributed by atoms with Crippen molar-refractivity contribution in [3.8, 4) is 5.75 Å². The molecule has 4 N–H and O–H groups in total. The quantitative estimate of drug-likeness (QED) is 0.435. The van der Waals surface area contributed by atoms with Gasteiger partial charge in [0, 0.05) is 30.9 Å². The predicted molar refractivity (Wildman–Crippen MR) is 125 cm³/mol. The zero-order chi connectivity index (χ0) is 23.5. The van der Waals surface area contributed by atoms with E-state index >= 15 is 0 Å². The lowest BCUT2D eigenvalue weighted by atomic mass is 10.1. The predicted octanol–water partition coefficient (Wildman–Crippen LogP) is 2.64. The number of hydrogen-bond acceptors (Lipinski definition) is 8. The van der Waals surface area contributed by atoms with Gasteiger partial charge in [-0.2, -0.15) is 5.10 Å². The molecule has 0 radical (unpaired) electrons. The van der Waals surface area contributed by atoms with E-state index in [0.29, 0.717) is 40.2 Å². The standard InChI is InChI=1S/C22H26N6O4S/c1-13-5-6-16(30)14(2)20(13)25-21(32)17-10-23-22(33-17)24-18-7-9-28(26-18)12-19(31)27-8-3-4-15(29)11-27/h5-7,9-10,15,29-30H,3-4,8,11-12H2,1-2H3,(H,25,32)(H,23,24,26)/t15-/m0/s1. The summed E-state index contributed by atoms with van der Waals surface area (Å²) in [6, 6.07) is 5.06. The number of thiazole rings is 1. The summed E-state index contributed by atoms with van der Waals surface area (Å²) in [7, 11) is 0. The number of likely N-dealkylation sites (tertiary alicyclic amines) is 1. The van der Waals surface area contributed by atoms with Crippen LogP contribution in [0, 0.1) is 13.8 Å². The van der Waals surface area contributed by atoms with Crippen molar-refractivity contribution in [2.45, 2.75) is 39.3 Å². The van der Waals surface area contributed by atoms with Crippen LogP contribution in [0.2, 0.25) is 0 Å². The van der Waals surface area contributed by atoms with E-state index in [4.69, 9.17) is 0 Å². The summed E-state index contributed by atoms with van der Waals surface area (Å²) in [5.41, 5.74) is 2.03. The van der Waals surface area contributed by atoms with E-state index in [2.05, 4.69) is 20.7 Å². The molecule has 2 aromatic heterocycles. The molecule has 0 spiro atoms. The number of phenolic OH excluding ortho intramolecular Hbond substituents is 1. The Morgan fingerprint density at radius 3 is 2.88 bits per heavy atom. The Balaban J connectivity index is 1.36. The zero-order valence-corrected chi connectivity index (χ0v) is 19.2. The summed E-state index contributed by atoms with van der Waals surface area (Å²) in [5, 5.41) is 30.4. The fourth-order valence-electron chi connectivity index (χ4n) is 3.69. The average Bonchev–Trinajstić information content (AvgIpc) is 3.44. The van der Waals surface area contributed by atoms with Crippen molar-refractivity contribution >= 4 is 39.8 Å². The largest absolute Gasteiger partial charge is 0.508 e. The van der Waals surface area contributed by atoms with E-state index in [1.54, 1.807) is 36.2 Å². The molecular formula is C22H26N6O4S. The highest BCUT2D eigenvalue weighted by atomic mass is 32.1. The van der Waals surface area contributed by atoms with Crippen LogP contribution in [0.4, 0.5) is 16.6 Å². The second-order valence-corrected chi connectivity index (χ2v) is 9.08. The van der Waals surface area contributed by atoms with Crippen LogP contribution < -0.4 is 10.6 Å². The number of anilines is 3. The van der Waals surface area contributed by atoms with Crippen molar-refractivity contribution in [3.63, 3.8) is 0 Å². The number of piperidine rings is 1. The van der Waals surface area contributed by atoms with Crippen molar-refractivity contribution in [3.05, 3.63) is 46.6 Å². The van der Waals surface area contributed by atoms with Gasteiger partial charge in [-0.1, -0.05) is 17.4 Å². The molecule has 0 aliphatic carbocycles. The lowest BCUT2D eigenvalue weighted by Gasteiger charge is -2.30. The van der Waals surface area contributed by atoms with Gasteiger partial charge in [-0.05, 0) is 38.3 Å². The zero-order valence-electron chi connectivity index (χ0n) is 18.4. The van der Waals surface area contributed by atoms with E-state index < -0.39 is 6.10 Å². The number of benzene rings is 1. The highest BCUT2D eigenvalue weighted by Gasteiger charge is 2.22. The van der Waals surface area contributed by atoms with Crippen molar-refractivity contribution in [2.75, 3.05) is 23.7 Å². The molecule has 0 bridgehead atoms. The summed E-state index contributed by atoms with van der Waals surface area (Å²) in [6.45, 7) is 4.69. The Morgan fingerprint density at radius 1 is 1.27 bits per heavy atom.